The molecule has 1 rings (SSSR count). The van der Waals surface area contributed by atoms with Gasteiger partial charge in [0.05, 0.1) is 0 Å². The molecular weight excluding hydrogens is 236 g/mol. The van der Waals surface area contributed by atoms with E-state index >= 15 is 0 Å². The summed E-state index contributed by atoms with van der Waals surface area (Å²) in [4.78, 5) is 26.9. The van der Waals surface area contributed by atoms with Gasteiger partial charge in [-0.15, -0.1) is 0 Å². The van der Waals surface area contributed by atoms with Crippen molar-refractivity contribution < 1.29 is 14.3 Å². The van der Waals surface area contributed by atoms with Crippen molar-refractivity contribution in [2.24, 2.45) is 5.73 Å². The molecule has 0 aromatic carbocycles. The van der Waals surface area contributed by atoms with Crippen molar-refractivity contribution in [3.05, 3.63) is 0 Å². The molecule has 0 spiro atoms. The molecular formula is C11H22N4O3. The second-order valence-corrected chi connectivity index (χ2v) is 4.11. The first-order valence-corrected chi connectivity index (χ1v) is 6.18. The van der Waals surface area contributed by atoms with Gasteiger partial charge in [0.15, 0.2) is 0 Å². The fourth-order valence-corrected chi connectivity index (χ4v) is 1.89. The van der Waals surface area contributed by atoms with Crippen LogP contribution in [0, 0.1) is 0 Å². The second-order valence-electron chi connectivity index (χ2n) is 4.11. The zero-order valence-electron chi connectivity index (χ0n) is 11.0. The van der Waals surface area contributed by atoms with Gasteiger partial charge in [0.2, 0.25) is 0 Å². The van der Waals surface area contributed by atoms with Crippen molar-refractivity contribution in [2.75, 3.05) is 46.4 Å². The van der Waals surface area contributed by atoms with Crippen LogP contribution in [-0.4, -0.2) is 74.2 Å². The highest BCUT2D eigenvalue weighted by atomic mass is 16.5. The average Bonchev–Trinajstić information content (AvgIpc) is 2.40. The minimum Gasteiger partial charge on any atom is -0.370 e. The molecule has 18 heavy (non-hydrogen) atoms. The Hall–Kier alpha value is -1.34. The molecule has 3 N–H and O–H groups in total. The molecule has 0 bridgehead atoms. The Labute approximate surface area is 107 Å². The number of carbonyl (C=O) groups excluding carboxylic acids is 2. The quantitative estimate of drug-likeness (QED) is 0.665. The van der Waals surface area contributed by atoms with Crippen LogP contribution in [0.5, 0.6) is 0 Å². The number of nitrogens with one attached hydrogen (secondary N) is 1. The topological polar surface area (TPSA) is 87.9 Å². The maximum Gasteiger partial charge on any atom is 0.317 e. The minimum atomic E-state index is -0.582. The number of hydrogen-bond donors (Lipinski definition) is 2. The van der Waals surface area contributed by atoms with E-state index < -0.39 is 6.10 Å². The monoisotopic (exact) mass is 258 g/mol. The van der Waals surface area contributed by atoms with E-state index in [1.54, 1.807) is 9.80 Å². The van der Waals surface area contributed by atoms with E-state index in [0.717, 1.165) is 0 Å². The molecule has 1 aliphatic heterocycles. The molecule has 1 heterocycles. The third kappa shape index (κ3) is 3.58. The number of piperazine rings is 1. The van der Waals surface area contributed by atoms with Gasteiger partial charge in [0, 0.05) is 46.4 Å². The second kappa shape index (κ2) is 7.17. The van der Waals surface area contributed by atoms with Gasteiger partial charge in [0.25, 0.3) is 5.91 Å². The van der Waals surface area contributed by atoms with E-state index in [2.05, 4.69) is 5.32 Å². The largest absolute Gasteiger partial charge is 0.370 e. The number of urea groups is 1. The van der Waals surface area contributed by atoms with Gasteiger partial charge in [-0.2, -0.15) is 0 Å². The van der Waals surface area contributed by atoms with Gasteiger partial charge < -0.3 is 25.6 Å². The van der Waals surface area contributed by atoms with Gasteiger partial charge in [-0.25, -0.2) is 4.79 Å². The zero-order chi connectivity index (χ0) is 13.5. The fraction of sp³-hybridized carbons (Fsp3) is 0.818. The van der Waals surface area contributed by atoms with Crippen LogP contribution in [0.15, 0.2) is 0 Å². The molecule has 7 heteroatoms. The van der Waals surface area contributed by atoms with Crippen LogP contribution in [0.2, 0.25) is 0 Å². The van der Waals surface area contributed by atoms with Crippen LogP contribution in [0.4, 0.5) is 4.79 Å². The lowest BCUT2D eigenvalue weighted by Crippen LogP contribution is -2.55. The predicted octanol–water partition coefficient (Wildman–Crippen LogP) is -1.17. The Kier molecular flexibility index (Phi) is 5.87. The number of rotatable bonds is 4. The summed E-state index contributed by atoms with van der Waals surface area (Å²) in [5.74, 6) is -0.101. The SMILES string of the molecule is CCNC(=O)N1CCN(C(=O)C(CN)OC)CC1. The molecule has 3 amide bonds. The predicted molar refractivity (Wildman–Crippen MR) is 67.1 cm³/mol. The summed E-state index contributed by atoms with van der Waals surface area (Å²) in [6.07, 6.45) is -0.582. The average molecular weight is 258 g/mol. The number of ether oxygens (including phenoxy) is 1. The van der Waals surface area contributed by atoms with E-state index in [9.17, 15) is 9.59 Å². The molecule has 0 radical (unpaired) electrons. The highest BCUT2D eigenvalue weighted by Gasteiger charge is 2.27. The molecule has 1 unspecified atom stereocenters. The van der Waals surface area contributed by atoms with Crippen molar-refractivity contribution in [2.45, 2.75) is 13.0 Å². The highest BCUT2D eigenvalue weighted by Crippen LogP contribution is 2.05. The first kappa shape index (κ1) is 14.7. The van der Waals surface area contributed by atoms with E-state index in [0.29, 0.717) is 32.7 Å². The van der Waals surface area contributed by atoms with E-state index in [1.807, 2.05) is 6.92 Å². The molecule has 1 saturated heterocycles. The number of amides is 3. The molecule has 0 saturated carbocycles. The molecule has 104 valence electrons. The first-order chi connectivity index (χ1) is 8.63. The molecule has 0 aromatic heterocycles. The summed E-state index contributed by atoms with van der Waals surface area (Å²) in [5.41, 5.74) is 5.46. The van der Waals surface area contributed by atoms with Crippen LogP contribution in [0.3, 0.4) is 0 Å². The Bertz CT molecular complexity index is 286. The third-order valence-electron chi connectivity index (χ3n) is 2.98. The number of nitrogens with zero attached hydrogens (tertiary/aromatic N) is 2. The lowest BCUT2D eigenvalue weighted by atomic mass is 10.2. The van der Waals surface area contributed by atoms with E-state index in [1.165, 1.54) is 7.11 Å². The Morgan fingerprint density at radius 3 is 2.28 bits per heavy atom. The zero-order valence-corrected chi connectivity index (χ0v) is 11.0. The lowest BCUT2D eigenvalue weighted by Gasteiger charge is -2.35. The van der Waals surface area contributed by atoms with Crippen LogP contribution >= 0.6 is 0 Å². The van der Waals surface area contributed by atoms with Crippen LogP contribution in [0.25, 0.3) is 0 Å². The number of methoxy groups -OCH3 is 1. The molecule has 0 aromatic rings. The lowest BCUT2D eigenvalue weighted by molar-refractivity contribution is -0.142. The maximum atomic E-state index is 12.0. The Balaban J connectivity index is 2.43. The summed E-state index contributed by atoms with van der Waals surface area (Å²) in [7, 11) is 1.47. The van der Waals surface area contributed by atoms with Crippen molar-refractivity contribution in [1.29, 1.82) is 0 Å². The van der Waals surface area contributed by atoms with Gasteiger partial charge in [-0.3, -0.25) is 4.79 Å². The number of nitrogens with two attached hydrogens (primary N) is 1. The van der Waals surface area contributed by atoms with Gasteiger partial charge in [0.1, 0.15) is 6.10 Å². The number of hydrogen-bond acceptors (Lipinski definition) is 4. The Morgan fingerprint density at radius 2 is 1.83 bits per heavy atom. The van der Waals surface area contributed by atoms with E-state index in [4.69, 9.17) is 10.5 Å². The maximum absolute atomic E-state index is 12.0. The van der Waals surface area contributed by atoms with Crippen LogP contribution in [0.1, 0.15) is 6.92 Å². The summed E-state index contributed by atoms with van der Waals surface area (Å²) < 4.78 is 5.02. The summed E-state index contributed by atoms with van der Waals surface area (Å²) in [5, 5.41) is 2.74. The smallest absolute Gasteiger partial charge is 0.317 e. The van der Waals surface area contributed by atoms with Gasteiger partial charge in [-0.1, -0.05) is 0 Å². The highest BCUT2D eigenvalue weighted by molar-refractivity contribution is 5.81. The molecule has 1 atom stereocenters. The van der Waals surface area contributed by atoms with Crippen molar-refractivity contribution in [3.63, 3.8) is 0 Å². The summed E-state index contributed by atoms with van der Waals surface area (Å²) in [6, 6.07) is -0.0771. The normalized spacial score (nSPS) is 17.5. The molecule has 1 aliphatic rings. The minimum absolute atomic E-state index is 0.0771. The standard InChI is InChI=1S/C11H22N4O3/c1-3-13-11(17)15-6-4-14(5-7-15)10(16)9(8-12)18-2/h9H,3-8,12H2,1-2H3,(H,13,17). The van der Waals surface area contributed by atoms with Crippen molar-refractivity contribution >= 4 is 11.9 Å². The number of carbonyl (C=O) groups is 2. The molecule has 7 nitrogen and oxygen atoms in total. The van der Waals surface area contributed by atoms with Gasteiger partial charge >= 0.3 is 6.03 Å². The summed E-state index contributed by atoms with van der Waals surface area (Å²) >= 11 is 0. The molecule has 0 aliphatic carbocycles. The fourth-order valence-electron chi connectivity index (χ4n) is 1.89. The van der Waals surface area contributed by atoms with Crippen molar-refractivity contribution in [3.8, 4) is 0 Å². The van der Waals surface area contributed by atoms with Crippen molar-refractivity contribution in [1.82, 2.24) is 15.1 Å². The third-order valence-corrected chi connectivity index (χ3v) is 2.98. The van der Waals surface area contributed by atoms with Crippen LogP contribution < -0.4 is 11.1 Å². The van der Waals surface area contributed by atoms with Gasteiger partial charge in [-0.05, 0) is 6.92 Å². The summed E-state index contributed by atoms with van der Waals surface area (Å²) in [6.45, 7) is 4.79. The van der Waals surface area contributed by atoms with E-state index in [-0.39, 0.29) is 18.5 Å². The van der Waals surface area contributed by atoms with Crippen LogP contribution in [-0.2, 0) is 9.53 Å². The molecule has 1 fully saturated rings. The first-order valence-electron chi connectivity index (χ1n) is 6.18. The Morgan fingerprint density at radius 1 is 1.28 bits per heavy atom.